The molecule has 0 bridgehead atoms. The highest BCUT2D eigenvalue weighted by Crippen LogP contribution is 2.36. The molecule has 86 valence electrons. The molecule has 0 rings (SSSR count). The molecule has 1 heteroatoms. The summed E-state index contributed by atoms with van der Waals surface area (Å²) < 4.78 is 5.70. The highest BCUT2D eigenvalue weighted by molar-refractivity contribution is 4.78. The van der Waals surface area contributed by atoms with Crippen molar-refractivity contribution in [3.8, 4) is 0 Å². The first kappa shape index (κ1) is 14.0. The molecule has 0 aliphatic rings. The van der Waals surface area contributed by atoms with E-state index in [0.29, 0.717) is 16.9 Å². The Bertz CT molecular complexity index is 157. The van der Waals surface area contributed by atoms with Crippen molar-refractivity contribution >= 4 is 0 Å². The van der Waals surface area contributed by atoms with Gasteiger partial charge in [0, 0.05) is 0 Å². The van der Waals surface area contributed by atoms with E-state index in [-0.39, 0.29) is 0 Å². The number of hydrogen-bond donors (Lipinski definition) is 0. The summed E-state index contributed by atoms with van der Waals surface area (Å²) >= 11 is 0. The quantitative estimate of drug-likeness (QED) is 0.622. The molecule has 0 fully saturated rings. The molecule has 0 saturated heterocycles. The normalized spacial score (nSPS) is 13.7. The van der Waals surface area contributed by atoms with Gasteiger partial charge in [-0.05, 0) is 31.1 Å². The van der Waals surface area contributed by atoms with Crippen molar-refractivity contribution in [3.63, 3.8) is 0 Å². The number of ether oxygens (including phenoxy) is 1. The molecule has 14 heavy (non-hydrogen) atoms. The fraction of sp³-hybridized carbons (Fsp3) is 1.00. The average Bonchev–Trinajstić information content (AvgIpc) is 1.99. The fourth-order valence-electron chi connectivity index (χ4n) is 1.86. The predicted molar refractivity (Wildman–Crippen MR) is 63.6 cm³/mol. The van der Waals surface area contributed by atoms with Gasteiger partial charge in [-0.15, -0.1) is 0 Å². The molecular formula is C13H28O. The molecule has 1 nitrogen and oxygen atoms in total. The van der Waals surface area contributed by atoms with Crippen LogP contribution in [0.4, 0.5) is 0 Å². The zero-order valence-corrected chi connectivity index (χ0v) is 11.1. The third kappa shape index (κ3) is 6.42. The molecule has 0 radical (unpaired) electrons. The maximum absolute atomic E-state index is 5.70. The van der Waals surface area contributed by atoms with Crippen molar-refractivity contribution in [2.75, 3.05) is 6.61 Å². The van der Waals surface area contributed by atoms with Crippen LogP contribution in [0, 0.1) is 10.8 Å². The van der Waals surface area contributed by atoms with Crippen molar-refractivity contribution in [2.45, 2.75) is 67.4 Å². The Balaban J connectivity index is 4.06. The summed E-state index contributed by atoms with van der Waals surface area (Å²) in [5, 5.41) is 0. The van der Waals surface area contributed by atoms with Crippen LogP contribution in [0.25, 0.3) is 0 Å². The average molecular weight is 200 g/mol. The highest BCUT2D eigenvalue weighted by atomic mass is 16.5. The Morgan fingerprint density at radius 2 is 1.50 bits per heavy atom. The van der Waals surface area contributed by atoms with E-state index < -0.39 is 0 Å². The summed E-state index contributed by atoms with van der Waals surface area (Å²) in [6.45, 7) is 16.6. The van der Waals surface area contributed by atoms with Gasteiger partial charge in [0.15, 0.2) is 0 Å². The molecule has 0 aromatic carbocycles. The van der Waals surface area contributed by atoms with E-state index >= 15 is 0 Å². The van der Waals surface area contributed by atoms with Gasteiger partial charge in [0.2, 0.25) is 0 Å². The largest absolute Gasteiger partial charge is 0.378 e. The van der Waals surface area contributed by atoms with E-state index in [1.807, 2.05) is 0 Å². The summed E-state index contributed by atoms with van der Waals surface area (Å²) in [6.07, 6.45) is 2.81. The Labute approximate surface area is 90.2 Å². The van der Waals surface area contributed by atoms with Crippen molar-refractivity contribution < 1.29 is 4.74 Å². The first-order valence-corrected chi connectivity index (χ1v) is 5.80. The van der Waals surface area contributed by atoms with Crippen molar-refractivity contribution in [3.05, 3.63) is 0 Å². The SMILES string of the molecule is CCC(C)(C)CC(C)(C)COC(C)C. The number of hydrogen-bond acceptors (Lipinski definition) is 1. The summed E-state index contributed by atoms with van der Waals surface area (Å²) in [5.74, 6) is 0. The van der Waals surface area contributed by atoms with Gasteiger partial charge in [-0.25, -0.2) is 0 Å². The van der Waals surface area contributed by atoms with Gasteiger partial charge in [-0.1, -0.05) is 41.0 Å². The lowest BCUT2D eigenvalue weighted by Gasteiger charge is -2.34. The van der Waals surface area contributed by atoms with E-state index in [2.05, 4.69) is 48.5 Å². The monoisotopic (exact) mass is 200 g/mol. The summed E-state index contributed by atoms with van der Waals surface area (Å²) in [6, 6.07) is 0. The van der Waals surface area contributed by atoms with Crippen LogP contribution in [0.5, 0.6) is 0 Å². The third-order valence-electron chi connectivity index (χ3n) is 2.72. The van der Waals surface area contributed by atoms with Gasteiger partial charge in [0.1, 0.15) is 0 Å². The van der Waals surface area contributed by atoms with Crippen LogP contribution >= 0.6 is 0 Å². The molecule has 0 spiro atoms. The maximum Gasteiger partial charge on any atom is 0.0520 e. The van der Waals surface area contributed by atoms with Crippen molar-refractivity contribution in [1.29, 1.82) is 0 Å². The lowest BCUT2D eigenvalue weighted by atomic mass is 9.74. The fourth-order valence-corrected chi connectivity index (χ4v) is 1.86. The van der Waals surface area contributed by atoms with E-state index in [1.54, 1.807) is 0 Å². The van der Waals surface area contributed by atoms with Crippen LogP contribution in [0.1, 0.15) is 61.3 Å². The molecule has 0 heterocycles. The first-order valence-electron chi connectivity index (χ1n) is 5.80. The Hall–Kier alpha value is -0.0400. The van der Waals surface area contributed by atoms with E-state index in [1.165, 1.54) is 12.8 Å². The van der Waals surface area contributed by atoms with Crippen LogP contribution in [0.2, 0.25) is 0 Å². The highest BCUT2D eigenvalue weighted by Gasteiger charge is 2.27. The Morgan fingerprint density at radius 3 is 1.86 bits per heavy atom. The smallest absolute Gasteiger partial charge is 0.0520 e. The lowest BCUT2D eigenvalue weighted by Crippen LogP contribution is -2.28. The number of rotatable bonds is 6. The molecule has 0 aliphatic heterocycles. The minimum atomic E-state index is 0.295. The molecular weight excluding hydrogens is 172 g/mol. The standard InChI is InChI=1S/C13H28O/c1-8-12(4,5)9-13(6,7)10-14-11(2)3/h11H,8-10H2,1-7H3. The van der Waals surface area contributed by atoms with Gasteiger partial charge in [0.05, 0.1) is 12.7 Å². The Morgan fingerprint density at radius 1 is 1.00 bits per heavy atom. The molecule has 0 aliphatic carbocycles. The topological polar surface area (TPSA) is 9.23 Å². The second-order valence-electron chi connectivity index (χ2n) is 6.22. The van der Waals surface area contributed by atoms with Crippen LogP contribution in [0.3, 0.4) is 0 Å². The van der Waals surface area contributed by atoms with Crippen molar-refractivity contribution in [1.82, 2.24) is 0 Å². The van der Waals surface area contributed by atoms with Crippen LogP contribution < -0.4 is 0 Å². The van der Waals surface area contributed by atoms with Gasteiger partial charge in [-0.3, -0.25) is 0 Å². The summed E-state index contributed by atoms with van der Waals surface area (Å²) in [4.78, 5) is 0. The molecule has 0 unspecified atom stereocenters. The minimum absolute atomic E-state index is 0.295. The predicted octanol–water partition coefficient (Wildman–Crippen LogP) is 4.26. The Kier molecular flexibility index (Phi) is 5.14. The summed E-state index contributed by atoms with van der Waals surface area (Å²) in [7, 11) is 0. The van der Waals surface area contributed by atoms with Crippen molar-refractivity contribution in [2.24, 2.45) is 10.8 Å². The van der Waals surface area contributed by atoms with Crippen LogP contribution in [0.15, 0.2) is 0 Å². The van der Waals surface area contributed by atoms with Gasteiger partial charge >= 0.3 is 0 Å². The second kappa shape index (κ2) is 5.16. The van der Waals surface area contributed by atoms with Crippen LogP contribution in [-0.2, 0) is 4.74 Å². The minimum Gasteiger partial charge on any atom is -0.378 e. The van der Waals surface area contributed by atoms with Gasteiger partial charge in [-0.2, -0.15) is 0 Å². The van der Waals surface area contributed by atoms with E-state index in [9.17, 15) is 0 Å². The molecule has 0 atom stereocenters. The third-order valence-corrected chi connectivity index (χ3v) is 2.72. The second-order valence-corrected chi connectivity index (χ2v) is 6.22. The molecule has 0 saturated carbocycles. The lowest BCUT2D eigenvalue weighted by molar-refractivity contribution is 0.00289. The van der Waals surface area contributed by atoms with E-state index in [4.69, 9.17) is 4.74 Å². The van der Waals surface area contributed by atoms with Gasteiger partial charge < -0.3 is 4.74 Å². The molecule has 0 aromatic rings. The zero-order valence-electron chi connectivity index (χ0n) is 11.1. The van der Waals surface area contributed by atoms with E-state index in [0.717, 1.165) is 6.61 Å². The zero-order chi connectivity index (χ0) is 11.4. The maximum atomic E-state index is 5.70. The molecule has 0 amide bonds. The molecule has 0 aromatic heterocycles. The first-order chi connectivity index (χ1) is 6.18. The molecule has 0 N–H and O–H groups in total. The van der Waals surface area contributed by atoms with Crippen LogP contribution in [-0.4, -0.2) is 12.7 Å². The van der Waals surface area contributed by atoms with Gasteiger partial charge in [0.25, 0.3) is 0 Å². The summed E-state index contributed by atoms with van der Waals surface area (Å²) in [5.41, 5.74) is 0.730.